The van der Waals surface area contributed by atoms with Crippen LogP contribution in [0.3, 0.4) is 0 Å². The van der Waals surface area contributed by atoms with Crippen LogP contribution in [0.1, 0.15) is 64.6 Å². The van der Waals surface area contributed by atoms with E-state index in [0.717, 1.165) is 30.6 Å². The fraction of sp³-hybridized carbons (Fsp3) is 0.611. The molecule has 116 valence electrons. The molecular weight excluding hydrogens is 260 g/mol. The first-order chi connectivity index (χ1) is 9.91. The van der Waals surface area contributed by atoms with Gasteiger partial charge in [0.2, 0.25) is 5.91 Å². The third kappa shape index (κ3) is 2.98. The second kappa shape index (κ2) is 6.18. The molecule has 0 aliphatic carbocycles. The molecule has 3 nitrogen and oxygen atoms in total. The van der Waals surface area contributed by atoms with Gasteiger partial charge in [-0.2, -0.15) is 0 Å². The van der Waals surface area contributed by atoms with Crippen LogP contribution >= 0.6 is 0 Å². The lowest BCUT2D eigenvalue weighted by Crippen LogP contribution is -2.29. The summed E-state index contributed by atoms with van der Waals surface area (Å²) >= 11 is 0. The Balaban J connectivity index is 2.36. The Kier molecular flexibility index (Phi) is 4.72. The maximum atomic E-state index is 12.1. The molecule has 0 saturated heterocycles. The van der Waals surface area contributed by atoms with Crippen molar-refractivity contribution in [1.29, 1.82) is 0 Å². The second-order valence-corrected chi connectivity index (χ2v) is 6.70. The average Bonchev–Trinajstić information content (AvgIpc) is 2.69. The summed E-state index contributed by atoms with van der Waals surface area (Å²) in [5.74, 6) is 0.666. The monoisotopic (exact) mass is 288 g/mol. The van der Waals surface area contributed by atoms with E-state index in [2.05, 4.69) is 49.6 Å². The van der Waals surface area contributed by atoms with Gasteiger partial charge in [0.05, 0.1) is 5.41 Å². The molecule has 2 N–H and O–H groups in total. The highest BCUT2D eigenvalue weighted by Crippen LogP contribution is 2.39. The highest BCUT2D eigenvalue weighted by atomic mass is 16.2. The lowest BCUT2D eigenvalue weighted by atomic mass is 9.83. The summed E-state index contributed by atoms with van der Waals surface area (Å²) in [6, 6.07) is 6.78. The molecule has 0 aromatic heterocycles. The summed E-state index contributed by atoms with van der Waals surface area (Å²) in [5.41, 5.74) is 2.95. The molecule has 1 heterocycles. The zero-order valence-electron chi connectivity index (χ0n) is 13.9. The van der Waals surface area contributed by atoms with Crippen LogP contribution in [0.4, 0.5) is 5.69 Å². The van der Waals surface area contributed by atoms with Gasteiger partial charge in [0.1, 0.15) is 0 Å². The van der Waals surface area contributed by atoms with Gasteiger partial charge in [-0.05, 0) is 49.9 Å². The molecule has 1 aromatic rings. The van der Waals surface area contributed by atoms with Crippen LogP contribution in [0.15, 0.2) is 18.2 Å². The van der Waals surface area contributed by atoms with Crippen molar-refractivity contribution < 1.29 is 4.79 Å². The molecule has 1 amide bonds. The first-order valence-electron chi connectivity index (χ1n) is 8.11. The number of nitrogens with one attached hydrogen (secondary N) is 2. The van der Waals surface area contributed by atoms with Crippen LogP contribution in [-0.4, -0.2) is 12.5 Å². The Labute approximate surface area is 128 Å². The van der Waals surface area contributed by atoms with Gasteiger partial charge in [-0.1, -0.05) is 39.3 Å². The predicted octanol–water partition coefficient (Wildman–Crippen LogP) is 4.00. The van der Waals surface area contributed by atoms with Crippen LogP contribution in [0.25, 0.3) is 0 Å². The van der Waals surface area contributed by atoms with Crippen LogP contribution < -0.4 is 10.6 Å². The second-order valence-electron chi connectivity index (χ2n) is 6.70. The van der Waals surface area contributed by atoms with E-state index in [0.29, 0.717) is 12.0 Å². The maximum absolute atomic E-state index is 12.1. The largest absolute Gasteiger partial charge is 0.325 e. The Morgan fingerprint density at radius 2 is 2.00 bits per heavy atom. The molecule has 0 radical (unpaired) electrons. The first-order valence-corrected chi connectivity index (χ1v) is 8.11. The maximum Gasteiger partial charge on any atom is 0.234 e. The highest BCUT2D eigenvalue weighted by Gasteiger charge is 2.38. The molecule has 2 rings (SSSR count). The molecule has 0 spiro atoms. The topological polar surface area (TPSA) is 41.1 Å². The van der Waals surface area contributed by atoms with Crippen molar-refractivity contribution in [2.45, 2.75) is 58.9 Å². The number of benzene rings is 1. The summed E-state index contributed by atoms with van der Waals surface area (Å²) < 4.78 is 0. The van der Waals surface area contributed by atoms with Crippen molar-refractivity contribution in [3.63, 3.8) is 0 Å². The summed E-state index contributed by atoms with van der Waals surface area (Å²) in [5, 5.41) is 6.64. The van der Waals surface area contributed by atoms with E-state index in [1.165, 1.54) is 5.56 Å². The van der Waals surface area contributed by atoms with Crippen molar-refractivity contribution >= 4 is 11.6 Å². The van der Waals surface area contributed by atoms with Crippen molar-refractivity contribution in [2.75, 3.05) is 11.9 Å². The highest BCUT2D eigenvalue weighted by molar-refractivity contribution is 6.05. The summed E-state index contributed by atoms with van der Waals surface area (Å²) in [7, 11) is 0. The molecule has 1 aromatic carbocycles. The Morgan fingerprint density at radius 3 is 2.62 bits per heavy atom. The van der Waals surface area contributed by atoms with Crippen LogP contribution in [-0.2, 0) is 10.2 Å². The van der Waals surface area contributed by atoms with E-state index in [-0.39, 0.29) is 5.91 Å². The molecule has 3 heteroatoms. The molecular formula is C18H28N2O. The summed E-state index contributed by atoms with van der Waals surface area (Å²) in [4.78, 5) is 12.1. The fourth-order valence-corrected chi connectivity index (χ4v) is 2.97. The Morgan fingerprint density at radius 1 is 1.29 bits per heavy atom. The van der Waals surface area contributed by atoms with E-state index < -0.39 is 5.41 Å². The molecule has 2 atom stereocenters. The minimum Gasteiger partial charge on any atom is -0.325 e. The van der Waals surface area contributed by atoms with Crippen molar-refractivity contribution in [3.05, 3.63) is 29.3 Å². The zero-order chi connectivity index (χ0) is 15.6. The van der Waals surface area contributed by atoms with Gasteiger partial charge in [0, 0.05) is 11.7 Å². The number of amides is 1. The van der Waals surface area contributed by atoms with Gasteiger partial charge in [-0.15, -0.1) is 0 Å². The molecule has 2 unspecified atom stereocenters. The summed E-state index contributed by atoms with van der Waals surface area (Å²) in [6.45, 7) is 11.7. The normalized spacial score (nSPS) is 19.0. The van der Waals surface area contributed by atoms with Crippen LogP contribution in [0, 0.1) is 5.92 Å². The van der Waals surface area contributed by atoms with E-state index in [1.807, 2.05) is 13.8 Å². The van der Waals surface area contributed by atoms with Crippen molar-refractivity contribution in [1.82, 2.24) is 5.32 Å². The molecule has 0 bridgehead atoms. The third-order valence-corrected chi connectivity index (χ3v) is 4.72. The van der Waals surface area contributed by atoms with Crippen LogP contribution in [0.5, 0.6) is 0 Å². The van der Waals surface area contributed by atoms with E-state index in [1.54, 1.807) is 0 Å². The van der Waals surface area contributed by atoms with Gasteiger partial charge in [0.25, 0.3) is 0 Å². The number of carbonyl (C=O) groups is 1. The number of hydrogen-bond donors (Lipinski definition) is 2. The van der Waals surface area contributed by atoms with Crippen molar-refractivity contribution in [2.24, 2.45) is 5.92 Å². The number of fused-ring (bicyclic) bond motifs is 1. The molecule has 0 fully saturated rings. The third-order valence-electron chi connectivity index (χ3n) is 4.72. The first kappa shape index (κ1) is 16.0. The Bertz CT molecular complexity index is 522. The smallest absolute Gasteiger partial charge is 0.234 e. The lowest BCUT2D eigenvalue weighted by Gasteiger charge is -2.26. The molecule has 0 saturated carbocycles. The summed E-state index contributed by atoms with van der Waals surface area (Å²) in [6.07, 6.45) is 2.27. The van der Waals surface area contributed by atoms with E-state index in [9.17, 15) is 4.79 Å². The van der Waals surface area contributed by atoms with Gasteiger partial charge in [-0.25, -0.2) is 0 Å². The molecule has 1 aliphatic rings. The Hall–Kier alpha value is -1.35. The van der Waals surface area contributed by atoms with Gasteiger partial charge < -0.3 is 10.6 Å². The zero-order valence-corrected chi connectivity index (χ0v) is 13.9. The quantitative estimate of drug-likeness (QED) is 0.830. The van der Waals surface area contributed by atoms with Crippen molar-refractivity contribution in [3.8, 4) is 0 Å². The number of carbonyl (C=O) groups excluding carboxylic acids is 1. The fourth-order valence-electron chi connectivity index (χ4n) is 2.97. The standard InChI is InChI=1S/C18H28N2O/c1-6-10-19-16(12(3)7-2)13-8-9-15-14(11-13)18(4,5)17(21)20-15/h8-9,11-12,16,19H,6-7,10H2,1-5H3,(H,20,21). The number of rotatable bonds is 6. The SMILES string of the molecule is CCCNC(c1ccc2c(c1)C(C)(C)C(=O)N2)C(C)CC. The number of anilines is 1. The van der Waals surface area contributed by atoms with Gasteiger partial charge in [0.15, 0.2) is 0 Å². The minimum atomic E-state index is -0.434. The van der Waals surface area contributed by atoms with Gasteiger partial charge >= 0.3 is 0 Å². The van der Waals surface area contributed by atoms with E-state index in [4.69, 9.17) is 0 Å². The average molecular weight is 288 g/mol. The van der Waals surface area contributed by atoms with Gasteiger partial charge in [-0.3, -0.25) is 4.79 Å². The lowest BCUT2D eigenvalue weighted by molar-refractivity contribution is -0.119. The number of hydrogen-bond acceptors (Lipinski definition) is 2. The molecule has 21 heavy (non-hydrogen) atoms. The van der Waals surface area contributed by atoms with E-state index >= 15 is 0 Å². The molecule has 1 aliphatic heterocycles. The predicted molar refractivity (Wildman–Crippen MR) is 88.6 cm³/mol. The van der Waals surface area contributed by atoms with Crippen LogP contribution in [0.2, 0.25) is 0 Å². The minimum absolute atomic E-state index is 0.0938.